The molecule has 8 nitrogen and oxygen atoms in total. The molecule has 3 aromatic rings. The van der Waals surface area contributed by atoms with Crippen molar-refractivity contribution in [2.45, 2.75) is 31.9 Å². The Morgan fingerprint density at radius 2 is 1.93 bits per heavy atom. The van der Waals surface area contributed by atoms with Crippen molar-refractivity contribution in [1.82, 2.24) is 29.5 Å². The maximum atomic E-state index is 11.9. The van der Waals surface area contributed by atoms with Gasteiger partial charge in [-0.05, 0) is 19.9 Å². The first kappa shape index (κ1) is 18.7. The highest BCUT2D eigenvalue weighted by atomic mass is 19.1. The fourth-order valence-corrected chi connectivity index (χ4v) is 3.52. The molecular weight excluding hydrogens is 359 g/mol. The summed E-state index contributed by atoms with van der Waals surface area (Å²) in [5, 5.41) is 10.1. The number of halogens is 1. The van der Waals surface area contributed by atoms with Crippen molar-refractivity contribution in [2.24, 2.45) is 0 Å². The minimum atomic E-state index is -0.454. The second-order valence-corrected chi connectivity index (χ2v) is 7.36. The minimum Gasteiger partial charge on any atom is -0.354 e. The smallest absolute Gasteiger partial charge is 0.216 e. The number of rotatable bonds is 3. The molecule has 0 aromatic carbocycles. The van der Waals surface area contributed by atoms with Gasteiger partial charge >= 0.3 is 0 Å². The predicted molar refractivity (Wildman–Crippen MR) is 108 cm³/mol. The van der Waals surface area contributed by atoms with E-state index in [-0.39, 0.29) is 0 Å². The van der Waals surface area contributed by atoms with Gasteiger partial charge in [0.2, 0.25) is 5.95 Å². The zero-order valence-corrected chi connectivity index (χ0v) is 16.2. The number of H-pyrrole nitrogens is 1. The molecule has 28 heavy (non-hydrogen) atoms. The lowest BCUT2D eigenvalue weighted by Crippen LogP contribution is -2.44. The first-order valence-corrected chi connectivity index (χ1v) is 9.87. The largest absolute Gasteiger partial charge is 0.354 e. The van der Waals surface area contributed by atoms with Crippen LogP contribution in [-0.4, -0.2) is 68.9 Å². The van der Waals surface area contributed by atoms with Crippen molar-refractivity contribution in [3.8, 4) is 0 Å². The van der Waals surface area contributed by atoms with Crippen LogP contribution in [0.2, 0.25) is 0 Å². The Morgan fingerprint density at radius 1 is 1.14 bits per heavy atom. The predicted octanol–water partition coefficient (Wildman–Crippen LogP) is 2.85. The normalized spacial score (nSPS) is 18.3. The quantitative estimate of drug-likeness (QED) is 0.721. The molecular formula is C19H27FN8. The van der Waals surface area contributed by atoms with E-state index in [2.05, 4.69) is 37.3 Å². The van der Waals surface area contributed by atoms with Crippen LogP contribution < -0.4 is 10.2 Å². The third-order valence-electron chi connectivity index (χ3n) is 5.24. The average molecular weight is 386 g/mol. The lowest BCUT2D eigenvalue weighted by atomic mass is 10.3. The monoisotopic (exact) mass is 386 g/mol. The Morgan fingerprint density at radius 3 is 2.57 bits per heavy atom. The lowest BCUT2D eigenvalue weighted by molar-refractivity contribution is 0.312. The van der Waals surface area contributed by atoms with Crippen LogP contribution in [0.3, 0.4) is 0 Å². The third kappa shape index (κ3) is 4.41. The van der Waals surface area contributed by atoms with Crippen LogP contribution in [0.25, 0.3) is 5.65 Å². The summed E-state index contributed by atoms with van der Waals surface area (Å²) in [6.45, 7) is 4.04. The van der Waals surface area contributed by atoms with Gasteiger partial charge in [0.05, 0.1) is 6.20 Å². The molecule has 0 atom stereocenters. The van der Waals surface area contributed by atoms with Crippen molar-refractivity contribution in [3.63, 3.8) is 0 Å². The van der Waals surface area contributed by atoms with E-state index in [0.717, 1.165) is 75.1 Å². The second kappa shape index (κ2) is 8.55. The average Bonchev–Trinajstić information content (AvgIpc) is 3.45. The highest BCUT2D eigenvalue weighted by Gasteiger charge is 2.17. The summed E-state index contributed by atoms with van der Waals surface area (Å²) >= 11 is 0. The van der Waals surface area contributed by atoms with Gasteiger partial charge in [0.15, 0.2) is 0 Å². The van der Waals surface area contributed by atoms with Crippen molar-refractivity contribution in [2.75, 3.05) is 43.4 Å². The van der Waals surface area contributed by atoms with E-state index in [9.17, 15) is 4.39 Å². The zero-order valence-electron chi connectivity index (χ0n) is 16.2. The van der Waals surface area contributed by atoms with Crippen molar-refractivity contribution >= 4 is 23.2 Å². The minimum absolute atomic E-state index is 0.454. The fourth-order valence-electron chi connectivity index (χ4n) is 3.52. The molecule has 1 aliphatic carbocycles. The van der Waals surface area contributed by atoms with Gasteiger partial charge in [-0.15, -0.1) is 0 Å². The highest BCUT2D eigenvalue weighted by Crippen LogP contribution is 2.21. The van der Waals surface area contributed by atoms with Gasteiger partial charge < -0.3 is 15.1 Å². The molecule has 3 aromatic heterocycles. The number of fused-ring (bicyclic) bond motifs is 1. The Bertz CT molecular complexity index is 863. The molecule has 4 heterocycles. The van der Waals surface area contributed by atoms with Crippen LogP contribution in [-0.2, 0) is 0 Å². The number of imidazole rings is 1. The molecule has 0 spiro atoms. The van der Waals surface area contributed by atoms with E-state index in [0.29, 0.717) is 0 Å². The number of aromatic nitrogens is 5. The maximum Gasteiger partial charge on any atom is 0.216 e. The molecule has 2 aliphatic rings. The molecule has 2 fully saturated rings. The van der Waals surface area contributed by atoms with Gasteiger partial charge in [-0.2, -0.15) is 10.1 Å². The van der Waals surface area contributed by atoms with Gasteiger partial charge in [-0.1, -0.05) is 12.8 Å². The van der Waals surface area contributed by atoms with E-state index in [1.165, 1.54) is 0 Å². The van der Waals surface area contributed by atoms with Gasteiger partial charge in [-0.3, -0.25) is 9.50 Å². The van der Waals surface area contributed by atoms with Crippen LogP contribution in [0.1, 0.15) is 25.7 Å². The number of hydrogen-bond acceptors (Lipinski definition) is 6. The summed E-state index contributed by atoms with van der Waals surface area (Å²) in [5.74, 6) is 2.49. The lowest BCUT2D eigenvalue weighted by Gasteiger charge is -2.33. The topological polar surface area (TPSA) is 77.4 Å². The summed E-state index contributed by atoms with van der Waals surface area (Å²) in [7, 11) is 2.15. The van der Waals surface area contributed by atoms with Gasteiger partial charge in [-0.25, -0.2) is 9.37 Å². The first-order chi connectivity index (χ1) is 13.7. The number of alkyl halides is 1. The van der Waals surface area contributed by atoms with Gasteiger partial charge in [0, 0.05) is 50.7 Å². The Kier molecular flexibility index (Phi) is 5.70. The van der Waals surface area contributed by atoms with Crippen molar-refractivity contribution < 1.29 is 4.39 Å². The number of nitrogens with zero attached hydrogens (tertiary/aromatic N) is 6. The molecule has 2 N–H and O–H groups in total. The fraction of sp³-hybridized carbons (Fsp3) is 0.526. The van der Waals surface area contributed by atoms with Crippen molar-refractivity contribution in [1.29, 1.82) is 0 Å². The Balaban J connectivity index is 0.000000275. The van der Waals surface area contributed by atoms with E-state index in [4.69, 9.17) is 4.98 Å². The number of anilines is 3. The molecule has 150 valence electrons. The molecule has 9 heteroatoms. The molecule has 1 saturated heterocycles. The maximum absolute atomic E-state index is 11.9. The molecule has 1 aliphatic heterocycles. The molecule has 0 bridgehead atoms. The number of hydrogen-bond donors (Lipinski definition) is 2. The molecule has 0 unspecified atom stereocenters. The number of nitrogens with one attached hydrogen (secondary N) is 2. The van der Waals surface area contributed by atoms with Crippen LogP contribution in [0.15, 0.2) is 30.7 Å². The van der Waals surface area contributed by atoms with Gasteiger partial charge in [0.25, 0.3) is 0 Å². The molecule has 5 rings (SSSR count). The highest BCUT2D eigenvalue weighted by molar-refractivity contribution is 5.60. The molecule has 1 saturated carbocycles. The van der Waals surface area contributed by atoms with E-state index in [1.54, 1.807) is 12.4 Å². The van der Waals surface area contributed by atoms with E-state index < -0.39 is 6.17 Å². The van der Waals surface area contributed by atoms with E-state index in [1.807, 2.05) is 22.7 Å². The number of piperazine rings is 1. The van der Waals surface area contributed by atoms with Crippen LogP contribution in [0.4, 0.5) is 22.0 Å². The summed E-state index contributed by atoms with van der Waals surface area (Å²) in [4.78, 5) is 13.8. The zero-order chi connectivity index (χ0) is 19.3. The first-order valence-electron chi connectivity index (χ1n) is 9.87. The number of aromatic amines is 1. The molecule has 0 radical (unpaired) electrons. The van der Waals surface area contributed by atoms with Gasteiger partial charge in [0.1, 0.15) is 23.5 Å². The summed E-state index contributed by atoms with van der Waals surface area (Å²) in [6, 6.07) is 3.90. The SMILES string of the molecule is CN1CCN(c2cc3nccn3c(Nc3ccn[nH]3)n2)CC1.FC1CCCC1. The summed E-state index contributed by atoms with van der Waals surface area (Å²) in [6.07, 6.45) is 8.79. The van der Waals surface area contributed by atoms with Crippen molar-refractivity contribution in [3.05, 3.63) is 30.7 Å². The van der Waals surface area contributed by atoms with Crippen LogP contribution in [0.5, 0.6) is 0 Å². The van der Waals surface area contributed by atoms with Crippen LogP contribution in [0, 0.1) is 0 Å². The standard InChI is InChI=1S/C14H18N8.C5H9F/c1-20-6-8-21(9-7-20)13-10-12-15-4-5-22(12)14(18-13)17-11-2-3-16-19-11;6-5-3-1-2-4-5/h2-5,10H,6-9H2,1H3,(H2,16,17,18,19);5H,1-4H2. The third-order valence-corrected chi connectivity index (χ3v) is 5.24. The summed E-state index contributed by atoms with van der Waals surface area (Å²) < 4.78 is 13.9. The van der Waals surface area contributed by atoms with Crippen LogP contribution >= 0.6 is 0 Å². The number of likely N-dealkylation sites (N-methyl/N-ethyl adjacent to an activating group) is 1. The summed E-state index contributed by atoms with van der Waals surface area (Å²) in [5.41, 5.74) is 0.881. The van der Waals surface area contributed by atoms with E-state index >= 15 is 0 Å². The Labute approximate surface area is 163 Å². The second-order valence-electron chi connectivity index (χ2n) is 7.36. The molecule has 0 amide bonds. The Hall–Kier alpha value is -2.68.